The van der Waals surface area contributed by atoms with Gasteiger partial charge < -0.3 is 15.0 Å². The van der Waals surface area contributed by atoms with Crippen LogP contribution in [0.15, 0.2) is 0 Å². The second-order valence-corrected chi connectivity index (χ2v) is 7.81. The Balaban J connectivity index is 2.52. The first kappa shape index (κ1) is 18.3. The first-order valence-electron chi connectivity index (χ1n) is 8.36. The van der Waals surface area contributed by atoms with Crippen LogP contribution in [-0.2, 0) is 4.74 Å². The summed E-state index contributed by atoms with van der Waals surface area (Å²) < 4.78 is 5.52. The Kier molecular flexibility index (Phi) is 6.51. The van der Waals surface area contributed by atoms with Crippen molar-refractivity contribution in [1.82, 2.24) is 10.2 Å². The number of ether oxygens (including phenoxy) is 1. The van der Waals surface area contributed by atoms with Crippen molar-refractivity contribution in [1.29, 1.82) is 0 Å². The standard InChI is InChI=1S/C17H34N2O2/c1-12(2)14(4)18-13(3)11-15-9-8-10-19(15)16(20)21-17(5,6)7/h12-15,18H,8-11H2,1-7H3. The number of carbonyl (C=O) groups is 1. The van der Waals surface area contributed by atoms with Crippen molar-refractivity contribution in [2.24, 2.45) is 5.92 Å². The minimum Gasteiger partial charge on any atom is -0.444 e. The fourth-order valence-corrected chi connectivity index (χ4v) is 2.76. The van der Waals surface area contributed by atoms with Gasteiger partial charge in [-0.15, -0.1) is 0 Å². The molecule has 21 heavy (non-hydrogen) atoms. The first-order chi connectivity index (χ1) is 9.60. The zero-order valence-corrected chi connectivity index (χ0v) is 14.9. The lowest BCUT2D eigenvalue weighted by Gasteiger charge is -2.31. The molecule has 0 aromatic carbocycles. The van der Waals surface area contributed by atoms with Crippen molar-refractivity contribution in [3.63, 3.8) is 0 Å². The molecule has 3 atom stereocenters. The number of carbonyl (C=O) groups excluding carboxylic acids is 1. The minimum atomic E-state index is -0.416. The summed E-state index contributed by atoms with van der Waals surface area (Å²) in [5, 5.41) is 3.64. The molecule has 0 radical (unpaired) electrons. The number of rotatable bonds is 5. The number of amides is 1. The molecule has 0 saturated carbocycles. The molecule has 1 aliphatic heterocycles. The van der Waals surface area contributed by atoms with Gasteiger partial charge in [0.15, 0.2) is 0 Å². The fraction of sp³-hybridized carbons (Fsp3) is 0.941. The van der Waals surface area contributed by atoms with E-state index in [4.69, 9.17) is 4.74 Å². The first-order valence-corrected chi connectivity index (χ1v) is 8.36. The molecule has 0 aromatic rings. The molecule has 1 heterocycles. The highest BCUT2D eigenvalue weighted by atomic mass is 16.6. The Hall–Kier alpha value is -0.770. The van der Waals surface area contributed by atoms with Gasteiger partial charge in [-0.05, 0) is 59.8 Å². The van der Waals surface area contributed by atoms with Gasteiger partial charge in [-0.2, -0.15) is 0 Å². The van der Waals surface area contributed by atoms with Gasteiger partial charge in [-0.1, -0.05) is 13.8 Å². The van der Waals surface area contributed by atoms with Gasteiger partial charge in [-0.25, -0.2) is 4.79 Å². The molecular formula is C17H34N2O2. The second-order valence-electron chi connectivity index (χ2n) is 7.81. The van der Waals surface area contributed by atoms with Crippen LogP contribution in [0, 0.1) is 5.92 Å². The predicted molar refractivity (Wildman–Crippen MR) is 87.5 cm³/mol. The highest BCUT2D eigenvalue weighted by Gasteiger charge is 2.33. The van der Waals surface area contributed by atoms with Crippen molar-refractivity contribution in [3.8, 4) is 0 Å². The Labute approximate surface area is 130 Å². The van der Waals surface area contributed by atoms with Crippen LogP contribution in [0.2, 0.25) is 0 Å². The SMILES string of the molecule is CC(CC1CCCN1C(=O)OC(C)(C)C)NC(C)C(C)C. The van der Waals surface area contributed by atoms with E-state index in [1.165, 1.54) is 0 Å². The van der Waals surface area contributed by atoms with Gasteiger partial charge in [0.2, 0.25) is 0 Å². The highest BCUT2D eigenvalue weighted by Crippen LogP contribution is 2.24. The molecule has 0 aromatic heterocycles. The summed E-state index contributed by atoms with van der Waals surface area (Å²) in [5.41, 5.74) is -0.416. The largest absolute Gasteiger partial charge is 0.444 e. The molecule has 1 saturated heterocycles. The van der Waals surface area contributed by atoms with E-state index in [1.54, 1.807) is 0 Å². The normalized spacial score (nSPS) is 22.5. The average Bonchev–Trinajstić information content (AvgIpc) is 2.74. The Morgan fingerprint density at radius 2 is 1.90 bits per heavy atom. The van der Waals surface area contributed by atoms with E-state index in [1.807, 2.05) is 25.7 Å². The van der Waals surface area contributed by atoms with Gasteiger partial charge in [0, 0.05) is 24.7 Å². The van der Waals surface area contributed by atoms with Crippen LogP contribution in [0.4, 0.5) is 4.79 Å². The van der Waals surface area contributed by atoms with Gasteiger partial charge in [0.1, 0.15) is 5.60 Å². The van der Waals surface area contributed by atoms with Gasteiger partial charge in [0.05, 0.1) is 0 Å². The van der Waals surface area contributed by atoms with E-state index in [2.05, 4.69) is 33.0 Å². The molecule has 0 bridgehead atoms. The monoisotopic (exact) mass is 298 g/mol. The van der Waals surface area contributed by atoms with E-state index in [9.17, 15) is 4.79 Å². The minimum absolute atomic E-state index is 0.158. The topological polar surface area (TPSA) is 41.6 Å². The Morgan fingerprint density at radius 3 is 2.43 bits per heavy atom. The van der Waals surface area contributed by atoms with E-state index in [0.29, 0.717) is 24.0 Å². The fourth-order valence-electron chi connectivity index (χ4n) is 2.76. The summed E-state index contributed by atoms with van der Waals surface area (Å²) in [6, 6.07) is 1.22. The molecule has 0 spiro atoms. The van der Waals surface area contributed by atoms with Gasteiger partial charge in [0.25, 0.3) is 0 Å². The number of likely N-dealkylation sites (tertiary alicyclic amines) is 1. The third-order valence-corrected chi connectivity index (χ3v) is 4.18. The number of hydrogen-bond donors (Lipinski definition) is 1. The lowest BCUT2D eigenvalue weighted by Crippen LogP contribution is -2.44. The maximum atomic E-state index is 12.3. The lowest BCUT2D eigenvalue weighted by atomic mass is 10.0. The van der Waals surface area contributed by atoms with Gasteiger partial charge >= 0.3 is 6.09 Å². The number of nitrogens with zero attached hydrogens (tertiary/aromatic N) is 1. The average molecular weight is 298 g/mol. The van der Waals surface area contributed by atoms with Crippen LogP contribution in [-0.4, -0.2) is 41.3 Å². The van der Waals surface area contributed by atoms with Crippen LogP contribution in [0.3, 0.4) is 0 Å². The van der Waals surface area contributed by atoms with Crippen molar-refractivity contribution < 1.29 is 9.53 Å². The van der Waals surface area contributed by atoms with E-state index >= 15 is 0 Å². The van der Waals surface area contributed by atoms with Crippen molar-refractivity contribution in [2.45, 2.75) is 91.5 Å². The zero-order chi connectivity index (χ0) is 16.2. The summed E-state index contributed by atoms with van der Waals surface area (Å²) in [6.45, 7) is 15.5. The molecule has 3 unspecified atom stereocenters. The van der Waals surface area contributed by atoms with Gasteiger partial charge in [-0.3, -0.25) is 0 Å². The second kappa shape index (κ2) is 7.48. The molecule has 4 nitrogen and oxygen atoms in total. The molecule has 124 valence electrons. The quantitative estimate of drug-likeness (QED) is 0.839. The van der Waals surface area contributed by atoms with Crippen LogP contribution in [0.5, 0.6) is 0 Å². The molecule has 0 aliphatic carbocycles. The number of nitrogens with one attached hydrogen (secondary N) is 1. The van der Waals surface area contributed by atoms with Crippen LogP contribution < -0.4 is 5.32 Å². The Bertz CT molecular complexity index is 336. The molecule has 1 amide bonds. The third-order valence-electron chi connectivity index (χ3n) is 4.18. The highest BCUT2D eigenvalue weighted by molar-refractivity contribution is 5.68. The van der Waals surface area contributed by atoms with Crippen LogP contribution in [0.1, 0.15) is 67.7 Å². The summed E-state index contributed by atoms with van der Waals surface area (Å²) in [5.74, 6) is 0.623. The predicted octanol–water partition coefficient (Wildman–Crippen LogP) is 3.80. The molecule has 1 aliphatic rings. The zero-order valence-electron chi connectivity index (χ0n) is 14.9. The van der Waals surface area contributed by atoms with Crippen LogP contribution in [0.25, 0.3) is 0 Å². The number of hydrogen-bond acceptors (Lipinski definition) is 3. The maximum absolute atomic E-state index is 12.3. The molecule has 1 N–H and O–H groups in total. The smallest absolute Gasteiger partial charge is 0.410 e. The van der Waals surface area contributed by atoms with Crippen molar-refractivity contribution >= 4 is 6.09 Å². The summed E-state index contributed by atoms with van der Waals surface area (Å²) in [6.07, 6.45) is 3.00. The van der Waals surface area contributed by atoms with Crippen molar-refractivity contribution in [3.05, 3.63) is 0 Å². The summed E-state index contributed by atoms with van der Waals surface area (Å²) in [7, 11) is 0. The summed E-state index contributed by atoms with van der Waals surface area (Å²) >= 11 is 0. The van der Waals surface area contributed by atoms with E-state index in [-0.39, 0.29) is 6.09 Å². The molecule has 4 heteroatoms. The molecular weight excluding hydrogens is 264 g/mol. The molecule has 1 rings (SSSR count). The van der Waals surface area contributed by atoms with E-state index < -0.39 is 5.60 Å². The third kappa shape index (κ3) is 6.25. The Morgan fingerprint density at radius 1 is 1.29 bits per heavy atom. The van der Waals surface area contributed by atoms with Crippen molar-refractivity contribution in [2.75, 3.05) is 6.54 Å². The molecule has 1 fully saturated rings. The van der Waals surface area contributed by atoms with E-state index in [0.717, 1.165) is 25.8 Å². The summed E-state index contributed by atoms with van der Waals surface area (Å²) in [4.78, 5) is 14.2. The lowest BCUT2D eigenvalue weighted by molar-refractivity contribution is 0.0213. The maximum Gasteiger partial charge on any atom is 0.410 e. The van der Waals surface area contributed by atoms with Crippen LogP contribution >= 0.6 is 0 Å².